The molecule has 1 amide bonds. The largest absolute Gasteiger partial charge is 0.503 e. The number of hydrogen-bond acceptors (Lipinski definition) is 7. The molecule has 8 nitrogen and oxygen atoms in total. The maximum absolute atomic E-state index is 11.9. The van der Waals surface area contributed by atoms with E-state index in [0.717, 1.165) is 6.42 Å². The number of allylic oxidation sites excluding steroid dienone is 1. The zero-order valence-electron chi connectivity index (χ0n) is 14.3. The maximum Gasteiger partial charge on any atom is 0.503 e. The van der Waals surface area contributed by atoms with Crippen molar-refractivity contribution in [3.63, 3.8) is 0 Å². The second-order valence-electron chi connectivity index (χ2n) is 5.61. The van der Waals surface area contributed by atoms with Crippen LogP contribution in [0.25, 0.3) is 0 Å². The first-order valence-electron chi connectivity index (χ1n) is 7.95. The summed E-state index contributed by atoms with van der Waals surface area (Å²) in [5.41, 5.74) is 14.5. The van der Waals surface area contributed by atoms with Gasteiger partial charge in [0, 0.05) is 29.1 Å². The summed E-state index contributed by atoms with van der Waals surface area (Å²) in [5, 5.41) is 12.3. The molecular weight excluding hydrogens is 426 g/mol. The highest BCUT2D eigenvalue weighted by atomic mass is 127. The van der Waals surface area contributed by atoms with Gasteiger partial charge in [-0.2, -0.15) is 0 Å². The normalized spacial score (nSPS) is 14.6. The Hall–Kier alpha value is -0.525. The fraction of sp³-hybridized carbons (Fsp3) is 0.714. The van der Waals surface area contributed by atoms with Crippen molar-refractivity contribution in [2.45, 2.75) is 57.7 Å². The third kappa shape index (κ3) is 9.69. The summed E-state index contributed by atoms with van der Waals surface area (Å²) in [4.78, 5) is 22.9. The monoisotopic (exact) mass is 454 g/mol. The molecule has 0 rings (SSSR count). The van der Waals surface area contributed by atoms with Gasteiger partial charge < -0.3 is 26.6 Å². The summed E-state index contributed by atoms with van der Waals surface area (Å²) in [6, 6.07) is -1.77. The molecule has 1 unspecified atom stereocenters. The number of carbonyl (C=O) groups is 2. The van der Waals surface area contributed by atoms with Crippen LogP contribution in [0.1, 0.15) is 39.5 Å². The topological polar surface area (TPSA) is 140 Å². The summed E-state index contributed by atoms with van der Waals surface area (Å²) >= 11 is 1.68. The van der Waals surface area contributed by atoms with Gasteiger partial charge in [0.05, 0.1) is 12.1 Å². The average Bonchev–Trinajstić information content (AvgIpc) is 2.56. The van der Waals surface area contributed by atoms with Crippen molar-refractivity contribution in [3.05, 3.63) is 12.1 Å². The summed E-state index contributed by atoms with van der Waals surface area (Å²) in [7, 11) is -1.14. The zero-order chi connectivity index (χ0) is 18.7. The highest BCUT2D eigenvalue weighted by molar-refractivity contribution is 14.1. The Balaban J connectivity index is 3.96. The van der Waals surface area contributed by atoms with E-state index in [0.29, 0.717) is 31.3 Å². The SMILES string of the molecule is C=C(CC)B(O)ON[C@@H](C)C(N)C(=O)NCCCC[C@H](N)C(=O)I. The Kier molecular flexibility index (Phi) is 12.5. The maximum atomic E-state index is 11.9. The number of nitrogens with one attached hydrogen (secondary N) is 2. The minimum Gasteiger partial charge on any atom is -0.422 e. The standard InChI is InChI=1S/C14H28BIN4O4/c1-4-9(2)15(23)24-20-10(3)12(18)14(22)19-8-6-5-7-11(17)13(16)21/h10-12,20,23H,2,4-8,17-18H2,1,3H3,(H,19,22)/t10-,11-,12?/m0/s1. The molecule has 0 aliphatic rings. The Labute approximate surface area is 157 Å². The van der Waals surface area contributed by atoms with E-state index in [1.807, 2.05) is 6.92 Å². The van der Waals surface area contributed by atoms with Crippen molar-refractivity contribution in [1.82, 2.24) is 10.8 Å². The zero-order valence-corrected chi connectivity index (χ0v) is 16.4. The van der Waals surface area contributed by atoms with Crippen LogP contribution < -0.4 is 22.3 Å². The number of hydroxylamine groups is 1. The molecule has 24 heavy (non-hydrogen) atoms. The number of rotatable bonds is 13. The minimum absolute atomic E-state index is 0.0634. The van der Waals surface area contributed by atoms with Gasteiger partial charge in [-0.3, -0.25) is 9.59 Å². The average molecular weight is 454 g/mol. The van der Waals surface area contributed by atoms with Crippen LogP contribution in [0.5, 0.6) is 0 Å². The number of hydrogen-bond donors (Lipinski definition) is 5. The van der Waals surface area contributed by atoms with Gasteiger partial charge in [0.2, 0.25) is 9.70 Å². The number of unbranched alkanes of at least 4 members (excludes halogenated alkanes) is 1. The lowest BCUT2D eigenvalue weighted by atomic mass is 9.79. The lowest BCUT2D eigenvalue weighted by Gasteiger charge is -2.21. The number of nitrogens with two attached hydrogens (primary N) is 2. The Morgan fingerprint density at radius 2 is 2.00 bits per heavy atom. The van der Waals surface area contributed by atoms with Crippen molar-refractivity contribution in [2.24, 2.45) is 11.5 Å². The molecule has 0 aromatic heterocycles. The van der Waals surface area contributed by atoms with E-state index in [-0.39, 0.29) is 9.70 Å². The van der Waals surface area contributed by atoms with Crippen LogP contribution in [0.15, 0.2) is 12.1 Å². The van der Waals surface area contributed by atoms with E-state index in [1.165, 1.54) is 0 Å². The summed E-state index contributed by atoms with van der Waals surface area (Å²) in [6.07, 6.45) is 2.63. The van der Waals surface area contributed by atoms with Crippen molar-refractivity contribution in [1.29, 1.82) is 0 Å². The van der Waals surface area contributed by atoms with Crippen LogP contribution in [0, 0.1) is 0 Å². The quantitative estimate of drug-likeness (QED) is 0.0853. The number of amides is 1. The molecule has 0 fully saturated rings. The molecule has 0 bridgehead atoms. The summed E-state index contributed by atoms with van der Waals surface area (Å²) in [5.74, 6) is -0.323. The van der Waals surface area contributed by atoms with Crippen LogP contribution in [0.2, 0.25) is 0 Å². The first-order chi connectivity index (χ1) is 11.2. The molecule has 0 aromatic carbocycles. The second kappa shape index (κ2) is 12.8. The van der Waals surface area contributed by atoms with Crippen molar-refractivity contribution >= 4 is 39.4 Å². The first kappa shape index (κ1) is 23.5. The Morgan fingerprint density at radius 1 is 1.38 bits per heavy atom. The molecule has 0 spiro atoms. The van der Waals surface area contributed by atoms with Crippen LogP contribution in [-0.4, -0.2) is 46.5 Å². The number of halogens is 1. The van der Waals surface area contributed by atoms with Crippen LogP contribution in [-0.2, 0) is 14.3 Å². The summed E-state index contributed by atoms with van der Waals surface area (Å²) in [6.45, 7) is 7.64. The third-order valence-corrected chi connectivity index (χ3v) is 4.34. The smallest absolute Gasteiger partial charge is 0.422 e. The molecule has 0 saturated carbocycles. The number of carbonyl (C=O) groups excluding carboxylic acids is 2. The fourth-order valence-electron chi connectivity index (χ4n) is 1.66. The third-order valence-electron chi connectivity index (χ3n) is 3.54. The molecular formula is C14H28BIN4O4. The summed E-state index contributed by atoms with van der Waals surface area (Å²) < 4.78 is 4.96. The van der Waals surface area contributed by atoms with E-state index < -0.39 is 25.2 Å². The molecule has 0 radical (unpaired) electrons. The van der Waals surface area contributed by atoms with Crippen LogP contribution in [0.4, 0.5) is 0 Å². The molecule has 0 saturated heterocycles. The van der Waals surface area contributed by atoms with Gasteiger partial charge in [0.1, 0.15) is 6.04 Å². The highest BCUT2D eigenvalue weighted by Crippen LogP contribution is 2.03. The second-order valence-corrected chi connectivity index (χ2v) is 6.67. The van der Waals surface area contributed by atoms with Gasteiger partial charge in [-0.15, -0.1) is 6.58 Å². The van der Waals surface area contributed by atoms with Gasteiger partial charge in [0.25, 0.3) is 0 Å². The predicted octanol–water partition coefficient (Wildman–Crippen LogP) is -0.215. The Bertz CT molecular complexity index is 428. The van der Waals surface area contributed by atoms with Crippen LogP contribution >= 0.6 is 22.6 Å². The molecule has 138 valence electrons. The van der Waals surface area contributed by atoms with E-state index in [4.69, 9.17) is 16.2 Å². The van der Waals surface area contributed by atoms with Gasteiger partial charge in [-0.25, -0.2) is 5.48 Å². The molecule has 0 heterocycles. The highest BCUT2D eigenvalue weighted by Gasteiger charge is 2.23. The van der Waals surface area contributed by atoms with Gasteiger partial charge in [-0.1, -0.05) is 6.92 Å². The Morgan fingerprint density at radius 3 is 2.54 bits per heavy atom. The molecule has 3 atom stereocenters. The minimum atomic E-state index is -1.14. The first-order valence-corrected chi connectivity index (χ1v) is 9.03. The van der Waals surface area contributed by atoms with Crippen molar-refractivity contribution in [2.75, 3.05) is 6.54 Å². The molecule has 7 N–H and O–H groups in total. The van der Waals surface area contributed by atoms with Gasteiger partial charge in [-0.05, 0) is 38.1 Å². The molecule has 10 heteroatoms. The van der Waals surface area contributed by atoms with E-state index in [1.54, 1.807) is 29.5 Å². The molecule has 0 aliphatic heterocycles. The van der Waals surface area contributed by atoms with Crippen LogP contribution in [0.3, 0.4) is 0 Å². The molecule has 0 aliphatic carbocycles. The fourth-order valence-corrected chi connectivity index (χ4v) is 1.97. The van der Waals surface area contributed by atoms with Gasteiger partial charge >= 0.3 is 7.12 Å². The van der Waals surface area contributed by atoms with E-state index in [9.17, 15) is 14.6 Å². The predicted molar refractivity (Wildman–Crippen MR) is 103 cm³/mol. The van der Waals surface area contributed by atoms with Gasteiger partial charge in [0.15, 0.2) is 0 Å². The molecule has 0 aromatic rings. The van der Waals surface area contributed by atoms with E-state index >= 15 is 0 Å². The lowest BCUT2D eigenvalue weighted by molar-refractivity contribution is -0.123. The van der Waals surface area contributed by atoms with Crippen molar-refractivity contribution in [3.8, 4) is 0 Å². The van der Waals surface area contributed by atoms with E-state index in [2.05, 4.69) is 17.4 Å². The lowest BCUT2D eigenvalue weighted by Crippen LogP contribution is -2.53. The van der Waals surface area contributed by atoms with Crippen molar-refractivity contribution < 1.29 is 19.4 Å².